The Balaban J connectivity index is 1.42. The molecule has 0 aromatic heterocycles. The van der Waals surface area contributed by atoms with E-state index in [9.17, 15) is 19.2 Å². The third-order valence-electron chi connectivity index (χ3n) is 10.0. The van der Waals surface area contributed by atoms with Gasteiger partial charge in [0.2, 0.25) is 11.8 Å². The smallest absolute Gasteiger partial charge is 0.228 e. The highest BCUT2D eigenvalue weighted by atomic mass is 19.1. The van der Waals surface area contributed by atoms with E-state index in [-0.39, 0.29) is 39.8 Å². The lowest BCUT2D eigenvalue weighted by atomic mass is 9.48. The van der Waals surface area contributed by atoms with E-state index in [1.54, 1.807) is 6.07 Å². The Morgan fingerprint density at radius 3 is 2.71 bits per heavy atom. The number of allylic oxidation sites excluding steroid dienone is 2. The summed E-state index contributed by atoms with van der Waals surface area (Å²) in [5.41, 5.74) is 2.63. The lowest BCUT2D eigenvalue weighted by molar-refractivity contribution is -0.137. The molecular weight excluding hydrogens is 429 g/mol. The Bertz CT molecular complexity index is 1140. The minimum absolute atomic E-state index is 0.0145. The monoisotopic (exact) mass is 463 g/mol. The third-order valence-corrected chi connectivity index (χ3v) is 10.0. The van der Waals surface area contributed by atoms with Crippen LogP contribution in [-0.2, 0) is 9.59 Å². The predicted octanol–water partition coefficient (Wildman–Crippen LogP) is 5.63. The lowest BCUT2D eigenvalue weighted by Gasteiger charge is -2.59. The van der Waals surface area contributed by atoms with Gasteiger partial charge in [0, 0.05) is 30.5 Å². The molecule has 0 radical (unpaired) electrons. The topological polar surface area (TPSA) is 73.2 Å². The van der Waals surface area contributed by atoms with Gasteiger partial charge in [-0.1, -0.05) is 25.5 Å². The zero-order valence-corrected chi connectivity index (χ0v) is 20.6. The van der Waals surface area contributed by atoms with Gasteiger partial charge < -0.3 is 10.2 Å². The number of nitriles is 1. The zero-order chi connectivity index (χ0) is 24.4. The fourth-order valence-electron chi connectivity index (χ4n) is 8.50. The van der Waals surface area contributed by atoms with Crippen LogP contribution in [0.1, 0.15) is 71.3 Å². The van der Waals surface area contributed by atoms with Gasteiger partial charge in [0.15, 0.2) is 0 Å². The van der Waals surface area contributed by atoms with Gasteiger partial charge >= 0.3 is 0 Å². The summed E-state index contributed by atoms with van der Waals surface area (Å²) in [5.74, 6) is 0.844. The van der Waals surface area contributed by atoms with Crippen LogP contribution in [-0.4, -0.2) is 23.8 Å². The van der Waals surface area contributed by atoms with E-state index >= 15 is 0 Å². The molecule has 0 bridgehead atoms. The molecule has 3 aliphatic carbocycles. The van der Waals surface area contributed by atoms with Crippen molar-refractivity contribution in [2.24, 2.45) is 34.5 Å². The van der Waals surface area contributed by atoms with Gasteiger partial charge in [-0.05, 0) is 80.8 Å². The minimum Gasteiger partial charge on any atom is -0.325 e. The summed E-state index contributed by atoms with van der Waals surface area (Å²) in [6.07, 6.45) is 6.37. The number of hydrogen-bond acceptors (Lipinski definition) is 3. The van der Waals surface area contributed by atoms with Gasteiger partial charge in [0.25, 0.3) is 0 Å². The molecule has 1 saturated heterocycles. The van der Waals surface area contributed by atoms with Crippen LogP contribution in [0, 0.1) is 51.6 Å². The molecule has 1 aromatic rings. The van der Waals surface area contributed by atoms with Gasteiger partial charge in [-0.25, -0.2) is 4.39 Å². The number of anilines is 1. The van der Waals surface area contributed by atoms with Crippen molar-refractivity contribution in [3.05, 3.63) is 40.8 Å². The number of fused-ring (bicyclic) bond motifs is 5. The van der Waals surface area contributed by atoms with E-state index in [2.05, 4.69) is 26.1 Å². The van der Waals surface area contributed by atoms with Crippen molar-refractivity contribution in [3.63, 3.8) is 0 Å². The summed E-state index contributed by atoms with van der Waals surface area (Å²) in [4.78, 5) is 27.8. The minimum atomic E-state index is -0.610. The van der Waals surface area contributed by atoms with Crippen LogP contribution >= 0.6 is 0 Å². The fourth-order valence-corrected chi connectivity index (χ4v) is 8.50. The largest absolute Gasteiger partial charge is 0.325 e. The van der Waals surface area contributed by atoms with Crippen molar-refractivity contribution in [1.29, 1.82) is 5.26 Å². The quantitative estimate of drug-likeness (QED) is 0.618. The van der Waals surface area contributed by atoms with Crippen LogP contribution in [0.5, 0.6) is 0 Å². The first kappa shape index (κ1) is 23.1. The van der Waals surface area contributed by atoms with Crippen LogP contribution in [0.4, 0.5) is 10.1 Å². The molecule has 0 spiro atoms. The predicted molar refractivity (Wildman–Crippen MR) is 128 cm³/mol. The molecule has 1 aromatic carbocycles. The van der Waals surface area contributed by atoms with Gasteiger partial charge in [-0.2, -0.15) is 5.26 Å². The van der Waals surface area contributed by atoms with Gasteiger partial charge in [-0.3, -0.25) is 9.59 Å². The second-order valence-electron chi connectivity index (χ2n) is 11.5. The van der Waals surface area contributed by atoms with Crippen LogP contribution in [0.25, 0.3) is 0 Å². The SMILES string of the molecule is CC1=C2N(C)C(=O)CC[C@]2(C)C2CC[C@]3(C)[C@@H](C(=O)Nc4cccc(F)c4C#N)CC[C@H]3C2C1. The summed E-state index contributed by atoms with van der Waals surface area (Å²) in [5, 5.41) is 12.2. The zero-order valence-electron chi connectivity index (χ0n) is 20.6. The molecule has 3 fully saturated rings. The Labute approximate surface area is 201 Å². The standard InChI is InChI=1S/C28H34FN3O2/c1-16-14-17-19-8-9-21(26(34)31-23-7-5-6-22(29)18(23)15-30)27(19,2)12-10-20(17)28(3)13-11-24(33)32(4)25(16)28/h5-7,17,19-21H,8-14H2,1-4H3,(H,31,34)/t17?,19-,20?,21+,27-,28+/m0/s1. The van der Waals surface area contributed by atoms with Crippen molar-refractivity contribution in [2.45, 2.75) is 65.7 Å². The molecule has 2 saturated carbocycles. The third kappa shape index (κ3) is 3.16. The van der Waals surface area contributed by atoms with Crippen LogP contribution in [0.2, 0.25) is 0 Å². The van der Waals surface area contributed by atoms with Crippen LogP contribution < -0.4 is 5.32 Å². The fraction of sp³-hybridized carbons (Fsp3) is 0.607. The van der Waals surface area contributed by atoms with Crippen molar-refractivity contribution in [1.82, 2.24) is 4.90 Å². The number of hydrogen-bond donors (Lipinski definition) is 1. The number of piperidine rings is 1. The van der Waals surface area contributed by atoms with Crippen molar-refractivity contribution in [2.75, 3.05) is 12.4 Å². The molecule has 6 heteroatoms. The Morgan fingerprint density at radius 1 is 1.21 bits per heavy atom. The van der Waals surface area contributed by atoms with Gasteiger partial charge in [0.1, 0.15) is 17.4 Å². The maximum absolute atomic E-state index is 14.1. The molecule has 2 amide bonds. The van der Waals surface area contributed by atoms with Crippen LogP contribution in [0.3, 0.4) is 0 Å². The number of amides is 2. The molecule has 34 heavy (non-hydrogen) atoms. The number of nitrogens with zero attached hydrogens (tertiary/aromatic N) is 2. The number of carbonyl (C=O) groups is 2. The second kappa shape index (κ2) is 7.93. The number of rotatable bonds is 2. The van der Waals surface area contributed by atoms with E-state index < -0.39 is 5.82 Å². The van der Waals surface area contributed by atoms with Crippen molar-refractivity contribution >= 4 is 17.5 Å². The summed E-state index contributed by atoms with van der Waals surface area (Å²) in [6.45, 7) is 6.83. The maximum atomic E-state index is 14.1. The van der Waals surface area contributed by atoms with E-state index in [1.807, 2.05) is 18.0 Å². The number of likely N-dealkylation sites (tertiary alicyclic amines) is 1. The summed E-state index contributed by atoms with van der Waals surface area (Å²) in [6, 6.07) is 6.25. The number of nitrogens with one attached hydrogen (secondary N) is 1. The van der Waals surface area contributed by atoms with E-state index in [1.165, 1.54) is 23.4 Å². The number of benzene rings is 1. The van der Waals surface area contributed by atoms with E-state index in [4.69, 9.17) is 0 Å². The van der Waals surface area contributed by atoms with Crippen molar-refractivity contribution < 1.29 is 14.0 Å². The summed E-state index contributed by atoms with van der Waals surface area (Å²) < 4.78 is 14.1. The van der Waals surface area contributed by atoms with Crippen LogP contribution in [0.15, 0.2) is 29.5 Å². The Kier molecular flexibility index (Phi) is 5.39. The Hall–Kier alpha value is -2.68. The molecule has 1 aliphatic heterocycles. The molecule has 4 aliphatic rings. The summed E-state index contributed by atoms with van der Waals surface area (Å²) >= 11 is 0. The normalized spacial score (nSPS) is 36.9. The highest BCUT2D eigenvalue weighted by molar-refractivity contribution is 5.94. The molecule has 5 rings (SSSR count). The molecule has 2 unspecified atom stereocenters. The maximum Gasteiger partial charge on any atom is 0.228 e. The molecule has 1 heterocycles. The first-order valence-electron chi connectivity index (χ1n) is 12.6. The second-order valence-corrected chi connectivity index (χ2v) is 11.5. The molecular formula is C28H34FN3O2. The molecule has 1 N–H and O–H groups in total. The van der Waals surface area contributed by atoms with Gasteiger partial charge in [-0.15, -0.1) is 0 Å². The number of halogens is 1. The highest BCUT2D eigenvalue weighted by Crippen LogP contribution is 2.66. The first-order chi connectivity index (χ1) is 16.1. The summed E-state index contributed by atoms with van der Waals surface area (Å²) in [7, 11) is 1.93. The average molecular weight is 464 g/mol. The van der Waals surface area contributed by atoms with Gasteiger partial charge in [0.05, 0.1) is 5.69 Å². The Morgan fingerprint density at radius 2 is 1.97 bits per heavy atom. The molecule has 6 atom stereocenters. The van der Waals surface area contributed by atoms with E-state index in [0.29, 0.717) is 24.2 Å². The lowest BCUT2D eigenvalue weighted by Crippen LogP contribution is -2.54. The first-order valence-corrected chi connectivity index (χ1v) is 12.6. The highest BCUT2D eigenvalue weighted by Gasteiger charge is 2.61. The van der Waals surface area contributed by atoms with Crippen molar-refractivity contribution in [3.8, 4) is 6.07 Å². The van der Waals surface area contributed by atoms with E-state index in [0.717, 1.165) is 38.5 Å². The number of carbonyl (C=O) groups excluding carboxylic acids is 2. The molecule has 5 nitrogen and oxygen atoms in total. The average Bonchev–Trinajstić information content (AvgIpc) is 3.14. The molecule has 180 valence electrons.